The van der Waals surface area contributed by atoms with Crippen LogP contribution in [0.15, 0.2) is 12.4 Å². The molecule has 4 heteroatoms. The molecule has 0 unspecified atom stereocenters. The fourth-order valence-electron chi connectivity index (χ4n) is 1.99. The summed E-state index contributed by atoms with van der Waals surface area (Å²) < 4.78 is 0. The molecule has 1 aliphatic heterocycles. The Labute approximate surface area is 96.9 Å². The fourth-order valence-corrected chi connectivity index (χ4v) is 1.99. The van der Waals surface area contributed by atoms with Crippen LogP contribution < -0.4 is 10.6 Å². The van der Waals surface area contributed by atoms with E-state index in [2.05, 4.69) is 28.7 Å². The van der Waals surface area contributed by atoms with E-state index < -0.39 is 0 Å². The third-order valence-corrected chi connectivity index (χ3v) is 3.32. The standard InChI is InChI=1S/C12H20N4/c1-12(2)3-5-16(6-4-12)11-9-14-8-10(7-13)15-11/h8-9H,3-7,13H2,1-2H3. The second-order valence-corrected chi connectivity index (χ2v) is 5.22. The second-order valence-electron chi connectivity index (χ2n) is 5.22. The molecule has 0 aliphatic carbocycles. The Hall–Kier alpha value is -1.16. The first-order chi connectivity index (χ1) is 7.61. The van der Waals surface area contributed by atoms with Crippen molar-refractivity contribution in [1.29, 1.82) is 0 Å². The van der Waals surface area contributed by atoms with Gasteiger partial charge in [0.1, 0.15) is 5.82 Å². The highest BCUT2D eigenvalue weighted by Gasteiger charge is 2.25. The molecular weight excluding hydrogens is 200 g/mol. The summed E-state index contributed by atoms with van der Waals surface area (Å²) in [6.45, 7) is 7.24. The maximum Gasteiger partial charge on any atom is 0.147 e. The quantitative estimate of drug-likeness (QED) is 0.822. The molecule has 1 aliphatic rings. The largest absolute Gasteiger partial charge is 0.355 e. The van der Waals surface area contributed by atoms with E-state index in [-0.39, 0.29) is 0 Å². The van der Waals surface area contributed by atoms with Crippen LogP contribution >= 0.6 is 0 Å². The minimum absolute atomic E-state index is 0.459. The van der Waals surface area contributed by atoms with Gasteiger partial charge in [0.25, 0.3) is 0 Å². The average molecular weight is 220 g/mol. The van der Waals surface area contributed by atoms with Gasteiger partial charge in [0.2, 0.25) is 0 Å². The molecule has 1 fully saturated rings. The van der Waals surface area contributed by atoms with Crippen LogP contribution in [-0.2, 0) is 6.54 Å². The zero-order valence-corrected chi connectivity index (χ0v) is 10.1. The van der Waals surface area contributed by atoms with Gasteiger partial charge in [0.15, 0.2) is 0 Å². The predicted octanol–water partition coefficient (Wildman–Crippen LogP) is 1.56. The van der Waals surface area contributed by atoms with Crippen molar-refractivity contribution in [2.24, 2.45) is 11.1 Å². The molecule has 2 heterocycles. The number of nitrogens with two attached hydrogens (primary N) is 1. The van der Waals surface area contributed by atoms with E-state index in [1.54, 1.807) is 6.20 Å². The summed E-state index contributed by atoms with van der Waals surface area (Å²) in [5, 5.41) is 0. The monoisotopic (exact) mass is 220 g/mol. The zero-order valence-electron chi connectivity index (χ0n) is 10.1. The van der Waals surface area contributed by atoms with Crippen molar-refractivity contribution in [3.63, 3.8) is 0 Å². The van der Waals surface area contributed by atoms with Gasteiger partial charge in [-0.25, -0.2) is 4.98 Å². The highest BCUT2D eigenvalue weighted by Crippen LogP contribution is 2.31. The van der Waals surface area contributed by atoms with Crippen molar-refractivity contribution in [3.05, 3.63) is 18.1 Å². The molecule has 0 spiro atoms. The number of rotatable bonds is 2. The van der Waals surface area contributed by atoms with Gasteiger partial charge in [-0.1, -0.05) is 13.8 Å². The van der Waals surface area contributed by atoms with Crippen LogP contribution in [0, 0.1) is 5.41 Å². The summed E-state index contributed by atoms with van der Waals surface area (Å²) in [4.78, 5) is 11.0. The molecule has 2 rings (SSSR count). The van der Waals surface area contributed by atoms with Gasteiger partial charge in [-0.3, -0.25) is 4.98 Å². The first-order valence-electron chi connectivity index (χ1n) is 5.87. The molecule has 2 N–H and O–H groups in total. The minimum Gasteiger partial charge on any atom is -0.355 e. The Kier molecular flexibility index (Phi) is 3.10. The second kappa shape index (κ2) is 4.37. The SMILES string of the molecule is CC1(C)CCN(c2cncc(CN)n2)CC1. The lowest BCUT2D eigenvalue weighted by Crippen LogP contribution is -2.37. The number of piperidine rings is 1. The Balaban J connectivity index is 2.08. The Bertz CT molecular complexity index is 352. The third kappa shape index (κ3) is 2.50. The molecule has 4 nitrogen and oxygen atoms in total. The van der Waals surface area contributed by atoms with Crippen LogP contribution in [0.1, 0.15) is 32.4 Å². The summed E-state index contributed by atoms with van der Waals surface area (Å²) >= 11 is 0. The maximum absolute atomic E-state index is 5.57. The van der Waals surface area contributed by atoms with Crippen molar-refractivity contribution in [2.45, 2.75) is 33.2 Å². The fraction of sp³-hybridized carbons (Fsp3) is 0.667. The molecule has 1 aromatic rings. The summed E-state index contributed by atoms with van der Waals surface area (Å²) in [6.07, 6.45) is 5.98. The van der Waals surface area contributed by atoms with Gasteiger partial charge in [0.05, 0.1) is 11.9 Å². The van der Waals surface area contributed by atoms with Crippen LogP contribution in [0.4, 0.5) is 5.82 Å². The molecule has 88 valence electrons. The van der Waals surface area contributed by atoms with Gasteiger partial charge in [-0.15, -0.1) is 0 Å². The number of aromatic nitrogens is 2. The predicted molar refractivity (Wildman–Crippen MR) is 65.2 cm³/mol. The molecule has 1 aromatic heterocycles. The summed E-state index contributed by atoms with van der Waals surface area (Å²) in [5.74, 6) is 0.971. The number of nitrogens with zero attached hydrogens (tertiary/aromatic N) is 3. The van der Waals surface area contributed by atoms with Gasteiger partial charge in [-0.05, 0) is 18.3 Å². The average Bonchev–Trinajstić information content (AvgIpc) is 2.29. The molecule has 0 bridgehead atoms. The van der Waals surface area contributed by atoms with Crippen LogP contribution in [0.2, 0.25) is 0 Å². The van der Waals surface area contributed by atoms with E-state index in [0.717, 1.165) is 24.6 Å². The molecule has 0 radical (unpaired) electrons. The van der Waals surface area contributed by atoms with Crippen LogP contribution in [-0.4, -0.2) is 23.1 Å². The van der Waals surface area contributed by atoms with Crippen molar-refractivity contribution < 1.29 is 0 Å². The van der Waals surface area contributed by atoms with E-state index in [0.29, 0.717) is 12.0 Å². The smallest absolute Gasteiger partial charge is 0.147 e. The third-order valence-electron chi connectivity index (χ3n) is 3.32. The summed E-state index contributed by atoms with van der Waals surface area (Å²) in [5.41, 5.74) is 6.90. The van der Waals surface area contributed by atoms with Gasteiger partial charge < -0.3 is 10.6 Å². The molecule has 0 amide bonds. The van der Waals surface area contributed by atoms with Crippen molar-refractivity contribution in [3.8, 4) is 0 Å². The number of hydrogen-bond acceptors (Lipinski definition) is 4. The van der Waals surface area contributed by atoms with Gasteiger partial charge in [0, 0.05) is 25.8 Å². The van der Waals surface area contributed by atoms with E-state index >= 15 is 0 Å². The van der Waals surface area contributed by atoms with Crippen LogP contribution in [0.3, 0.4) is 0 Å². The first kappa shape index (κ1) is 11.3. The highest BCUT2D eigenvalue weighted by atomic mass is 15.2. The summed E-state index contributed by atoms with van der Waals surface area (Å²) in [6, 6.07) is 0. The van der Waals surface area contributed by atoms with Gasteiger partial charge in [-0.2, -0.15) is 0 Å². The Morgan fingerprint density at radius 1 is 1.31 bits per heavy atom. The number of anilines is 1. The molecule has 0 saturated carbocycles. The lowest BCUT2D eigenvalue weighted by atomic mass is 9.83. The van der Waals surface area contributed by atoms with E-state index in [1.165, 1.54) is 12.8 Å². The molecule has 16 heavy (non-hydrogen) atoms. The highest BCUT2D eigenvalue weighted by molar-refractivity contribution is 5.37. The maximum atomic E-state index is 5.57. The minimum atomic E-state index is 0.459. The Morgan fingerprint density at radius 2 is 2.00 bits per heavy atom. The molecule has 0 aromatic carbocycles. The lowest BCUT2D eigenvalue weighted by Gasteiger charge is -2.37. The van der Waals surface area contributed by atoms with E-state index in [9.17, 15) is 0 Å². The van der Waals surface area contributed by atoms with E-state index in [1.807, 2.05) is 6.20 Å². The molecule has 0 atom stereocenters. The Morgan fingerprint density at radius 3 is 2.62 bits per heavy atom. The normalized spacial score (nSPS) is 19.8. The number of hydrogen-bond donors (Lipinski definition) is 1. The lowest BCUT2D eigenvalue weighted by molar-refractivity contribution is 0.279. The van der Waals surface area contributed by atoms with Crippen molar-refractivity contribution >= 4 is 5.82 Å². The zero-order chi connectivity index (χ0) is 11.6. The van der Waals surface area contributed by atoms with Crippen molar-refractivity contribution in [1.82, 2.24) is 9.97 Å². The summed E-state index contributed by atoms with van der Waals surface area (Å²) in [7, 11) is 0. The van der Waals surface area contributed by atoms with Crippen molar-refractivity contribution in [2.75, 3.05) is 18.0 Å². The van der Waals surface area contributed by atoms with Crippen LogP contribution in [0.5, 0.6) is 0 Å². The van der Waals surface area contributed by atoms with Gasteiger partial charge >= 0.3 is 0 Å². The van der Waals surface area contributed by atoms with E-state index in [4.69, 9.17) is 5.73 Å². The van der Waals surface area contributed by atoms with Crippen LogP contribution in [0.25, 0.3) is 0 Å². The first-order valence-corrected chi connectivity index (χ1v) is 5.87. The topological polar surface area (TPSA) is 55.0 Å². The molecular formula is C12H20N4. The molecule has 1 saturated heterocycles.